The predicted octanol–water partition coefficient (Wildman–Crippen LogP) is 4.24. The van der Waals surface area contributed by atoms with Gasteiger partial charge in [0.05, 0.1) is 5.69 Å². The van der Waals surface area contributed by atoms with Crippen LogP contribution in [0.1, 0.15) is 12.0 Å². The fourth-order valence-corrected chi connectivity index (χ4v) is 3.84. The van der Waals surface area contributed by atoms with Gasteiger partial charge < -0.3 is 5.32 Å². The zero-order valence-corrected chi connectivity index (χ0v) is 16.0. The number of para-hydroxylation sites is 1. The van der Waals surface area contributed by atoms with Gasteiger partial charge in [-0.05, 0) is 36.8 Å². The monoisotopic (exact) mass is 387 g/mol. The second kappa shape index (κ2) is 7.93. The summed E-state index contributed by atoms with van der Waals surface area (Å²) in [5.74, 6) is -0.349. The number of carbonyl (C=O) groups excluding carboxylic acids is 2. The van der Waals surface area contributed by atoms with Gasteiger partial charge in [0, 0.05) is 24.2 Å². The molecule has 1 heterocycles. The molecule has 0 radical (unpaired) electrons. The van der Waals surface area contributed by atoms with Gasteiger partial charge >= 0.3 is 0 Å². The van der Waals surface area contributed by atoms with E-state index in [1.54, 1.807) is 19.2 Å². The van der Waals surface area contributed by atoms with E-state index in [0.717, 1.165) is 11.3 Å². The van der Waals surface area contributed by atoms with E-state index in [1.165, 1.54) is 16.7 Å². The molecule has 26 heavy (non-hydrogen) atoms. The third-order valence-corrected chi connectivity index (χ3v) is 5.43. The van der Waals surface area contributed by atoms with E-state index in [9.17, 15) is 9.59 Å². The molecule has 1 N–H and O–H groups in total. The molecular formula is C19H18ClN3O2S. The van der Waals surface area contributed by atoms with Crippen LogP contribution in [0.15, 0.2) is 53.5 Å². The summed E-state index contributed by atoms with van der Waals surface area (Å²) < 4.78 is 0. The van der Waals surface area contributed by atoms with Crippen molar-refractivity contribution in [2.75, 3.05) is 12.4 Å². The van der Waals surface area contributed by atoms with Gasteiger partial charge in [-0.3, -0.25) is 14.5 Å². The number of aliphatic imine (C=N–C) groups is 1. The van der Waals surface area contributed by atoms with E-state index >= 15 is 0 Å². The summed E-state index contributed by atoms with van der Waals surface area (Å²) in [4.78, 5) is 30.8. The van der Waals surface area contributed by atoms with Crippen molar-refractivity contribution in [2.45, 2.75) is 18.6 Å². The molecule has 2 amide bonds. The number of amides is 2. The van der Waals surface area contributed by atoms with Gasteiger partial charge in [0.25, 0.3) is 0 Å². The molecule has 1 saturated heterocycles. The maximum atomic E-state index is 12.4. The van der Waals surface area contributed by atoms with Gasteiger partial charge in [0.1, 0.15) is 5.25 Å². The van der Waals surface area contributed by atoms with Crippen LogP contribution in [0, 0.1) is 6.92 Å². The van der Waals surface area contributed by atoms with Crippen LogP contribution in [0.25, 0.3) is 0 Å². The number of hydrogen-bond donors (Lipinski definition) is 1. The largest absolute Gasteiger partial charge is 0.326 e. The zero-order valence-electron chi connectivity index (χ0n) is 14.4. The Balaban J connectivity index is 1.68. The summed E-state index contributed by atoms with van der Waals surface area (Å²) in [6.07, 6.45) is 0.0770. The molecule has 2 aromatic carbocycles. The Bertz CT molecular complexity index is 870. The summed E-state index contributed by atoms with van der Waals surface area (Å²) >= 11 is 7.28. The highest BCUT2D eigenvalue weighted by atomic mass is 35.5. The lowest BCUT2D eigenvalue weighted by atomic mass is 10.2. The second-order valence-electron chi connectivity index (χ2n) is 5.95. The number of aryl methyl sites for hydroxylation is 1. The molecule has 1 aliphatic rings. The molecule has 0 aliphatic carbocycles. The Morgan fingerprint density at radius 1 is 1.27 bits per heavy atom. The number of anilines is 1. The minimum atomic E-state index is -0.484. The average Bonchev–Trinajstić information content (AvgIpc) is 2.87. The Hall–Kier alpha value is -2.31. The van der Waals surface area contributed by atoms with Gasteiger partial charge in [0.15, 0.2) is 5.17 Å². The molecule has 3 rings (SSSR count). The number of nitrogens with one attached hydrogen (secondary N) is 1. The number of nitrogens with zero attached hydrogens (tertiary/aromatic N) is 2. The molecular weight excluding hydrogens is 370 g/mol. The SMILES string of the molecule is Cc1ccc(Cl)cc1NC(=O)C[C@@H]1SC(=Nc2ccccc2)N(C)C1=O. The maximum Gasteiger partial charge on any atom is 0.242 e. The summed E-state index contributed by atoms with van der Waals surface area (Å²) in [5.41, 5.74) is 2.34. The molecule has 0 aromatic heterocycles. The van der Waals surface area contributed by atoms with E-state index in [2.05, 4.69) is 10.3 Å². The molecule has 7 heteroatoms. The number of halogens is 1. The fourth-order valence-electron chi connectivity index (χ4n) is 2.51. The molecule has 0 unspecified atom stereocenters. The van der Waals surface area contributed by atoms with Crippen LogP contribution in [0.4, 0.5) is 11.4 Å². The highest BCUT2D eigenvalue weighted by Gasteiger charge is 2.37. The first-order valence-electron chi connectivity index (χ1n) is 8.08. The average molecular weight is 388 g/mol. The lowest BCUT2D eigenvalue weighted by molar-refractivity contribution is -0.127. The van der Waals surface area contributed by atoms with Gasteiger partial charge in [-0.15, -0.1) is 0 Å². The highest BCUT2D eigenvalue weighted by molar-refractivity contribution is 8.15. The van der Waals surface area contributed by atoms with Gasteiger partial charge in [0.2, 0.25) is 11.8 Å². The lowest BCUT2D eigenvalue weighted by Gasteiger charge is -2.11. The van der Waals surface area contributed by atoms with Crippen LogP contribution in [0.5, 0.6) is 0 Å². The smallest absolute Gasteiger partial charge is 0.242 e. The van der Waals surface area contributed by atoms with Crippen molar-refractivity contribution < 1.29 is 9.59 Å². The van der Waals surface area contributed by atoms with Crippen LogP contribution in [0.2, 0.25) is 5.02 Å². The van der Waals surface area contributed by atoms with Crippen LogP contribution >= 0.6 is 23.4 Å². The number of rotatable bonds is 4. The Morgan fingerprint density at radius 2 is 2.00 bits per heavy atom. The van der Waals surface area contributed by atoms with Crippen molar-refractivity contribution in [3.63, 3.8) is 0 Å². The molecule has 134 valence electrons. The number of amidine groups is 1. The summed E-state index contributed by atoms with van der Waals surface area (Å²) in [5, 5.41) is 3.49. The normalized spacial score (nSPS) is 18.4. The number of carbonyl (C=O) groups is 2. The number of benzene rings is 2. The molecule has 0 saturated carbocycles. The lowest BCUT2D eigenvalue weighted by Crippen LogP contribution is -2.30. The standard InChI is InChI=1S/C19H18ClN3O2S/c1-12-8-9-13(20)10-15(12)22-17(24)11-16-18(25)23(2)19(26-16)21-14-6-4-3-5-7-14/h3-10,16H,11H2,1-2H3,(H,22,24)/t16-/m0/s1. The van der Waals surface area contributed by atoms with Crippen LogP contribution in [-0.4, -0.2) is 34.2 Å². The first kappa shape index (κ1) is 18.5. The minimum absolute atomic E-state index is 0.0770. The predicted molar refractivity (Wildman–Crippen MR) is 107 cm³/mol. The van der Waals surface area contributed by atoms with Crippen LogP contribution in [0.3, 0.4) is 0 Å². The molecule has 1 fully saturated rings. The van der Waals surface area contributed by atoms with Crippen molar-refractivity contribution in [2.24, 2.45) is 4.99 Å². The van der Waals surface area contributed by atoms with Gasteiger partial charge in [-0.25, -0.2) is 4.99 Å². The van der Waals surface area contributed by atoms with Gasteiger partial charge in [-0.1, -0.05) is 47.6 Å². The van der Waals surface area contributed by atoms with Crippen molar-refractivity contribution in [3.05, 3.63) is 59.1 Å². The van der Waals surface area contributed by atoms with E-state index in [-0.39, 0.29) is 18.2 Å². The van der Waals surface area contributed by atoms with E-state index < -0.39 is 5.25 Å². The van der Waals surface area contributed by atoms with Crippen molar-refractivity contribution in [1.29, 1.82) is 0 Å². The van der Waals surface area contributed by atoms with Gasteiger partial charge in [-0.2, -0.15) is 0 Å². The van der Waals surface area contributed by atoms with Crippen molar-refractivity contribution in [1.82, 2.24) is 4.90 Å². The van der Waals surface area contributed by atoms with Crippen molar-refractivity contribution in [3.8, 4) is 0 Å². The van der Waals surface area contributed by atoms with Crippen molar-refractivity contribution >= 4 is 51.7 Å². The quantitative estimate of drug-likeness (QED) is 0.853. The topological polar surface area (TPSA) is 61.8 Å². The summed E-state index contributed by atoms with van der Waals surface area (Å²) in [7, 11) is 1.68. The molecule has 0 spiro atoms. The zero-order chi connectivity index (χ0) is 18.7. The Labute approximate surface area is 161 Å². The third-order valence-electron chi connectivity index (χ3n) is 3.97. The molecule has 5 nitrogen and oxygen atoms in total. The van der Waals surface area contributed by atoms with Crippen LogP contribution < -0.4 is 5.32 Å². The highest BCUT2D eigenvalue weighted by Crippen LogP contribution is 2.31. The van der Waals surface area contributed by atoms with E-state index in [4.69, 9.17) is 11.6 Å². The summed E-state index contributed by atoms with van der Waals surface area (Å²) in [6, 6.07) is 14.7. The molecule has 1 atom stereocenters. The second-order valence-corrected chi connectivity index (χ2v) is 7.55. The van der Waals surface area contributed by atoms with E-state index in [1.807, 2.05) is 43.3 Å². The summed E-state index contributed by atoms with van der Waals surface area (Å²) in [6.45, 7) is 1.89. The Morgan fingerprint density at radius 3 is 2.73 bits per heavy atom. The number of hydrogen-bond acceptors (Lipinski definition) is 4. The molecule has 1 aliphatic heterocycles. The first-order valence-corrected chi connectivity index (χ1v) is 9.34. The van der Waals surface area contributed by atoms with Crippen LogP contribution in [-0.2, 0) is 9.59 Å². The molecule has 2 aromatic rings. The van der Waals surface area contributed by atoms with E-state index in [0.29, 0.717) is 15.9 Å². The molecule has 0 bridgehead atoms. The Kier molecular flexibility index (Phi) is 5.64. The number of thioether (sulfide) groups is 1. The minimum Gasteiger partial charge on any atom is -0.326 e. The first-order chi connectivity index (χ1) is 12.4. The fraction of sp³-hybridized carbons (Fsp3) is 0.211. The third kappa shape index (κ3) is 4.26. The maximum absolute atomic E-state index is 12.4.